The van der Waals surface area contributed by atoms with Gasteiger partial charge in [-0.25, -0.2) is 0 Å². The molecule has 2 rings (SSSR count). The van der Waals surface area contributed by atoms with Crippen molar-refractivity contribution in [2.75, 3.05) is 24.6 Å². The normalized spacial score (nSPS) is 22.3. The van der Waals surface area contributed by atoms with E-state index in [1.807, 2.05) is 0 Å². The first-order chi connectivity index (χ1) is 6.77. The summed E-state index contributed by atoms with van der Waals surface area (Å²) in [7, 11) is 0. The summed E-state index contributed by atoms with van der Waals surface area (Å²) in [5, 5.41) is 8.68. The molecule has 0 radical (unpaired) electrons. The summed E-state index contributed by atoms with van der Waals surface area (Å²) < 4.78 is 5.42. The molecule has 76 valence electrons. The van der Waals surface area contributed by atoms with Crippen LogP contribution in [0.2, 0.25) is 0 Å². The maximum absolute atomic E-state index is 5.53. The van der Waals surface area contributed by atoms with Crippen LogP contribution in [0.3, 0.4) is 0 Å². The molecule has 14 heavy (non-hydrogen) atoms. The van der Waals surface area contributed by atoms with Crippen molar-refractivity contribution in [1.82, 2.24) is 10.2 Å². The quantitative estimate of drug-likeness (QED) is 0.723. The van der Waals surface area contributed by atoms with Gasteiger partial charge in [0, 0.05) is 6.54 Å². The van der Waals surface area contributed by atoms with Gasteiger partial charge < -0.3 is 15.4 Å². The third kappa shape index (κ3) is 1.99. The first-order valence-corrected chi connectivity index (χ1v) is 5.48. The predicted octanol–water partition coefficient (Wildman–Crippen LogP) is 0.0294. The number of nitrogens with zero attached hydrogens (tertiary/aromatic N) is 3. The van der Waals surface area contributed by atoms with Gasteiger partial charge in [-0.1, -0.05) is 23.6 Å². The van der Waals surface area contributed by atoms with Crippen molar-refractivity contribution in [3.8, 4) is 0 Å². The molecule has 1 aliphatic rings. The van der Waals surface area contributed by atoms with Crippen LogP contribution >= 0.6 is 23.6 Å². The highest BCUT2D eigenvalue weighted by atomic mass is 32.1. The standard InChI is InChI=1S/C7H10N4OS2/c8-6(13)5-3-11(1-2-12-5)7-10-9-4-14-7/h4-5H,1-3H2,(H2,8,13). The van der Waals surface area contributed by atoms with E-state index in [-0.39, 0.29) is 6.10 Å². The molecular formula is C7H10N4OS2. The van der Waals surface area contributed by atoms with Gasteiger partial charge in [-0.2, -0.15) is 0 Å². The molecule has 1 unspecified atom stereocenters. The summed E-state index contributed by atoms with van der Waals surface area (Å²) in [6.07, 6.45) is -0.164. The van der Waals surface area contributed by atoms with Crippen molar-refractivity contribution in [3.05, 3.63) is 5.51 Å². The van der Waals surface area contributed by atoms with Crippen LogP contribution in [-0.4, -0.2) is 41.0 Å². The molecular weight excluding hydrogens is 220 g/mol. The van der Waals surface area contributed by atoms with E-state index in [9.17, 15) is 0 Å². The van der Waals surface area contributed by atoms with E-state index in [1.165, 1.54) is 11.3 Å². The smallest absolute Gasteiger partial charge is 0.208 e. The molecule has 0 spiro atoms. The van der Waals surface area contributed by atoms with Gasteiger partial charge in [0.05, 0.1) is 13.2 Å². The van der Waals surface area contributed by atoms with Crippen LogP contribution in [0.5, 0.6) is 0 Å². The van der Waals surface area contributed by atoms with Gasteiger partial charge in [-0.3, -0.25) is 0 Å². The Morgan fingerprint density at radius 1 is 1.79 bits per heavy atom. The molecule has 1 fully saturated rings. The summed E-state index contributed by atoms with van der Waals surface area (Å²) in [4.78, 5) is 2.49. The summed E-state index contributed by atoms with van der Waals surface area (Å²) in [5.74, 6) is 0. The Bertz CT molecular complexity index is 315. The van der Waals surface area contributed by atoms with Crippen LogP contribution in [0.1, 0.15) is 0 Å². The molecule has 0 amide bonds. The van der Waals surface area contributed by atoms with E-state index < -0.39 is 0 Å². The van der Waals surface area contributed by atoms with E-state index in [0.29, 0.717) is 18.1 Å². The number of morpholine rings is 1. The summed E-state index contributed by atoms with van der Waals surface area (Å²) in [5.41, 5.74) is 7.24. The van der Waals surface area contributed by atoms with E-state index >= 15 is 0 Å². The number of hydrogen-bond acceptors (Lipinski definition) is 6. The van der Waals surface area contributed by atoms with Gasteiger partial charge >= 0.3 is 0 Å². The van der Waals surface area contributed by atoms with Crippen molar-refractivity contribution < 1.29 is 4.74 Å². The predicted molar refractivity (Wildman–Crippen MR) is 58.6 cm³/mol. The van der Waals surface area contributed by atoms with Gasteiger partial charge in [-0.05, 0) is 0 Å². The maximum Gasteiger partial charge on any atom is 0.208 e. The first kappa shape index (κ1) is 9.75. The molecule has 1 aromatic rings. The maximum atomic E-state index is 5.53. The lowest BCUT2D eigenvalue weighted by molar-refractivity contribution is 0.0846. The number of hydrogen-bond donors (Lipinski definition) is 1. The van der Waals surface area contributed by atoms with Crippen molar-refractivity contribution in [2.24, 2.45) is 5.73 Å². The summed E-state index contributed by atoms with van der Waals surface area (Å²) in [6.45, 7) is 2.11. The van der Waals surface area contributed by atoms with Crippen molar-refractivity contribution >= 4 is 33.7 Å². The van der Waals surface area contributed by atoms with Crippen molar-refractivity contribution in [2.45, 2.75) is 6.10 Å². The molecule has 5 nitrogen and oxygen atoms in total. The highest BCUT2D eigenvalue weighted by Crippen LogP contribution is 2.18. The Balaban J connectivity index is 2.04. The molecule has 1 aromatic heterocycles. The number of thiocarbonyl (C=S) groups is 1. The van der Waals surface area contributed by atoms with E-state index in [2.05, 4.69) is 15.1 Å². The van der Waals surface area contributed by atoms with Crippen LogP contribution in [0.25, 0.3) is 0 Å². The highest BCUT2D eigenvalue weighted by molar-refractivity contribution is 7.80. The first-order valence-electron chi connectivity index (χ1n) is 4.19. The molecule has 1 aliphatic heterocycles. The summed E-state index contributed by atoms with van der Waals surface area (Å²) >= 11 is 6.40. The number of nitrogens with two attached hydrogens (primary N) is 1. The zero-order chi connectivity index (χ0) is 9.97. The molecule has 1 saturated heterocycles. The molecule has 0 aliphatic carbocycles. The second-order valence-electron chi connectivity index (χ2n) is 2.93. The molecule has 0 aromatic carbocycles. The molecule has 2 heterocycles. The monoisotopic (exact) mass is 230 g/mol. The van der Waals surface area contributed by atoms with E-state index in [0.717, 1.165) is 11.7 Å². The van der Waals surface area contributed by atoms with Crippen molar-refractivity contribution in [3.63, 3.8) is 0 Å². The van der Waals surface area contributed by atoms with Gasteiger partial charge in [0.15, 0.2) is 0 Å². The number of anilines is 1. The van der Waals surface area contributed by atoms with Crippen LogP contribution in [0, 0.1) is 0 Å². The van der Waals surface area contributed by atoms with Gasteiger partial charge in [0.2, 0.25) is 5.13 Å². The SMILES string of the molecule is NC(=S)C1CN(c2nncs2)CCO1. The lowest BCUT2D eigenvalue weighted by Crippen LogP contribution is -2.47. The lowest BCUT2D eigenvalue weighted by Gasteiger charge is -2.31. The van der Waals surface area contributed by atoms with Gasteiger partial charge in [-0.15, -0.1) is 10.2 Å². The third-order valence-electron chi connectivity index (χ3n) is 2.00. The average Bonchev–Trinajstić information content (AvgIpc) is 2.71. The van der Waals surface area contributed by atoms with Crippen molar-refractivity contribution in [1.29, 1.82) is 0 Å². The lowest BCUT2D eigenvalue weighted by atomic mass is 10.3. The number of rotatable bonds is 2. The van der Waals surface area contributed by atoms with Crippen LogP contribution < -0.4 is 10.6 Å². The highest BCUT2D eigenvalue weighted by Gasteiger charge is 2.23. The zero-order valence-corrected chi connectivity index (χ0v) is 9.05. The zero-order valence-electron chi connectivity index (χ0n) is 7.42. The molecule has 7 heteroatoms. The second kappa shape index (κ2) is 4.16. The van der Waals surface area contributed by atoms with E-state index in [1.54, 1.807) is 5.51 Å². The fourth-order valence-electron chi connectivity index (χ4n) is 1.30. The van der Waals surface area contributed by atoms with Gasteiger partial charge in [0.1, 0.15) is 16.6 Å². The van der Waals surface area contributed by atoms with Crippen LogP contribution in [-0.2, 0) is 4.74 Å². The largest absolute Gasteiger partial charge is 0.391 e. The van der Waals surface area contributed by atoms with Crippen LogP contribution in [0.15, 0.2) is 5.51 Å². The fraction of sp³-hybridized carbons (Fsp3) is 0.571. The Morgan fingerprint density at radius 3 is 3.29 bits per heavy atom. The van der Waals surface area contributed by atoms with Gasteiger partial charge in [0.25, 0.3) is 0 Å². The average molecular weight is 230 g/mol. The fourth-order valence-corrected chi connectivity index (χ4v) is 2.04. The Labute approximate surface area is 90.9 Å². The Kier molecular flexibility index (Phi) is 2.90. The molecule has 2 N–H and O–H groups in total. The number of ether oxygens (including phenoxy) is 1. The van der Waals surface area contributed by atoms with Crippen LogP contribution in [0.4, 0.5) is 5.13 Å². The molecule has 0 saturated carbocycles. The van der Waals surface area contributed by atoms with E-state index in [4.69, 9.17) is 22.7 Å². The Hall–Kier alpha value is -0.790. The third-order valence-corrected chi connectivity index (χ3v) is 3.02. The number of aromatic nitrogens is 2. The molecule has 0 bridgehead atoms. The minimum Gasteiger partial charge on any atom is -0.391 e. The Morgan fingerprint density at radius 2 is 2.64 bits per heavy atom. The minimum atomic E-state index is -0.164. The summed E-state index contributed by atoms with van der Waals surface area (Å²) in [6, 6.07) is 0. The second-order valence-corrected chi connectivity index (χ2v) is 4.21. The minimum absolute atomic E-state index is 0.164. The topological polar surface area (TPSA) is 64.3 Å². The molecule has 1 atom stereocenters.